The predicted octanol–water partition coefficient (Wildman–Crippen LogP) is 3.92. The van der Waals surface area contributed by atoms with Gasteiger partial charge in [-0.05, 0) is 53.9 Å². The van der Waals surface area contributed by atoms with Gasteiger partial charge in [0.25, 0.3) is 0 Å². The van der Waals surface area contributed by atoms with E-state index in [1.54, 1.807) is 11.3 Å². The highest BCUT2D eigenvalue weighted by Crippen LogP contribution is 2.20. The molecule has 118 valence electrons. The minimum atomic E-state index is 1.03. The number of hydrogen-bond acceptors (Lipinski definition) is 3. The first kappa shape index (κ1) is 14.7. The van der Waals surface area contributed by atoms with Crippen LogP contribution in [-0.2, 0) is 19.4 Å². The SMILES string of the molecule is c1ccc(-n2cc3c(n2)CCN(CCCc2ccsc2)C3)cc1. The molecule has 1 aromatic carbocycles. The van der Waals surface area contributed by atoms with E-state index in [2.05, 4.69) is 52.2 Å². The van der Waals surface area contributed by atoms with Crippen LogP contribution in [0.25, 0.3) is 5.69 Å². The molecule has 2 aromatic heterocycles. The summed E-state index contributed by atoms with van der Waals surface area (Å²) in [7, 11) is 0. The van der Waals surface area contributed by atoms with Crippen molar-refractivity contribution < 1.29 is 0 Å². The van der Waals surface area contributed by atoms with Crippen LogP contribution in [0.1, 0.15) is 23.2 Å². The second-order valence-corrected chi connectivity index (χ2v) is 6.92. The van der Waals surface area contributed by atoms with Crippen molar-refractivity contribution in [2.24, 2.45) is 0 Å². The summed E-state index contributed by atoms with van der Waals surface area (Å²) in [5, 5.41) is 9.20. The van der Waals surface area contributed by atoms with Gasteiger partial charge < -0.3 is 0 Å². The fourth-order valence-corrected chi connectivity index (χ4v) is 3.92. The third kappa shape index (κ3) is 3.38. The van der Waals surface area contributed by atoms with Crippen LogP contribution in [-0.4, -0.2) is 27.8 Å². The Morgan fingerprint density at radius 1 is 1.13 bits per heavy atom. The van der Waals surface area contributed by atoms with E-state index in [1.807, 2.05) is 10.7 Å². The molecular weight excluding hydrogens is 302 g/mol. The third-order valence-electron chi connectivity index (χ3n) is 4.48. The molecule has 0 bridgehead atoms. The van der Waals surface area contributed by atoms with E-state index in [0.717, 1.165) is 25.2 Å². The molecular formula is C19H21N3S. The van der Waals surface area contributed by atoms with Gasteiger partial charge in [0.05, 0.1) is 11.4 Å². The molecule has 0 saturated carbocycles. The lowest BCUT2D eigenvalue weighted by molar-refractivity contribution is 0.250. The first-order valence-electron chi connectivity index (χ1n) is 8.25. The van der Waals surface area contributed by atoms with Gasteiger partial charge >= 0.3 is 0 Å². The van der Waals surface area contributed by atoms with Crippen LogP contribution < -0.4 is 0 Å². The summed E-state index contributed by atoms with van der Waals surface area (Å²) in [6.45, 7) is 3.33. The molecule has 0 spiro atoms. The highest BCUT2D eigenvalue weighted by atomic mass is 32.1. The smallest absolute Gasteiger partial charge is 0.0686 e. The molecule has 3 aromatic rings. The lowest BCUT2D eigenvalue weighted by Crippen LogP contribution is -2.31. The number of aromatic nitrogens is 2. The standard InChI is InChI=1S/C19H21N3S/c1-2-6-18(7-3-1)22-14-17-13-21(11-8-19(17)20-22)10-4-5-16-9-12-23-15-16/h1-3,6-7,9,12,14-15H,4-5,8,10-11,13H2. The van der Waals surface area contributed by atoms with Gasteiger partial charge in [-0.25, -0.2) is 4.68 Å². The molecule has 3 heterocycles. The first-order valence-corrected chi connectivity index (χ1v) is 9.19. The molecule has 0 amide bonds. The largest absolute Gasteiger partial charge is 0.299 e. The molecule has 0 fully saturated rings. The average molecular weight is 323 g/mol. The zero-order chi connectivity index (χ0) is 15.5. The van der Waals surface area contributed by atoms with Gasteiger partial charge in [-0.1, -0.05) is 18.2 Å². The molecule has 0 saturated heterocycles. The molecule has 4 heteroatoms. The van der Waals surface area contributed by atoms with E-state index in [-0.39, 0.29) is 0 Å². The number of benzene rings is 1. The van der Waals surface area contributed by atoms with E-state index >= 15 is 0 Å². The van der Waals surface area contributed by atoms with E-state index in [4.69, 9.17) is 5.10 Å². The number of nitrogens with zero attached hydrogens (tertiary/aromatic N) is 3. The van der Waals surface area contributed by atoms with Crippen LogP contribution in [0.15, 0.2) is 53.4 Å². The summed E-state index contributed by atoms with van der Waals surface area (Å²) >= 11 is 1.79. The molecule has 23 heavy (non-hydrogen) atoms. The first-order chi connectivity index (χ1) is 11.4. The van der Waals surface area contributed by atoms with Gasteiger partial charge in [-0.2, -0.15) is 16.4 Å². The van der Waals surface area contributed by atoms with Gasteiger partial charge in [0.2, 0.25) is 0 Å². The molecule has 0 radical (unpaired) electrons. The van der Waals surface area contributed by atoms with Crippen molar-refractivity contribution in [3.63, 3.8) is 0 Å². The normalized spacial score (nSPS) is 14.8. The fraction of sp³-hybridized carbons (Fsp3) is 0.316. The predicted molar refractivity (Wildman–Crippen MR) is 95.2 cm³/mol. The average Bonchev–Trinajstić information content (AvgIpc) is 3.24. The van der Waals surface area contributed by atoms with Crippen molar-refractivity contribution in [1.82, 2.24) is 14.7 Å². The molecule has 4 rings (SSSR count). The highest BCUT2D eigenvalue weighted by Gasteiger charge is 2.19. The van der Waals surface area contributed by atoms with Crippen LogP contribution in [0.4, 0.5) is 0 Å². The Hall–Kier alpha value is -1.91. The lowest BCUT2D eigenvalue weighted by Gasteiger charge is -2.25. The zero-order valence-corrected chi connectivity index (χ0v) is 14.0. The Kier molecular flexibility index (Phi) is 4.26. The Morgan fingerprint density at radius 3 is 2.87 bits per heavy atom. The third-order valence-corrected chi connectivity index (χ3v) is 5.21. The van der Waals surface area contributed by atoms with Gasteiger partial charge in [0, 0.05) is 31.3 Å². The molecule has 0 N–H and O–H groups in total. The van der Waals surface area contributed by atoms with Crippen molar-refractivity contribution in [1.29, 1.82) is 0 Å². The topological polar surface area (TPSA) is 21.1 Å². The maximum atomic E-state index is 4.77. The molecule has 0 atom stereocenters. The summed E-state index contributed by atoms with van der Waals surface area (Å²) in [5.41, 5.74) is 5.27. The van der Waals surface area contributed by atoms with Crippen molar-refractivity contribution in [3.05, 3.63) is 70.2 Å². The van der Waals surface area contributed by atoms with E-state index < -0.39 is 0 Å². The maximum absolute atomic E-state index is 4.77. The summed E-state index contributed by atoms with van der Waals surface area (Å²) in [4.78, 5) is 2.56. The number of thiophene rings is 1. The van der Waals surface area contributed by atoms with Crippen LogP contribution in [0.5, 0.6) is 0 Å². The number of para-hydroxylation sites is 1. The molecule has 0 unspecified atom stereocenters. The van der Waals surface area contributed by atoms with Crippen molar-refractivity contribution in [2.45, 2.75) is 25.8 Å². The van der Waals surface area contributed by atoms with Gasteiger partial charge in [0.1, 0.15) is 0 Å². The minimum Gasteiger partial charge on any atom is -0.299 e. The van der Waals surface area contributed by atoms with Gasteiger partial charge in [-0.3, -0.25) is 4.90 Å². The van der Waals surface area contributed by atoms with Crippen LogP contribution in [0.2, 0.25) is 0 Å². The minimum absolute atomic E-state index is 1.03. The highest BCUT2D eigenvalue weighted by molar-refractivity contribution is 7.07. The zero-order valence-electron chi connectivity index (χ0n) is 13.2. The Bertz CT molecular complexity index is 746. The number of aryl methyl sites for hydroxylation is 1. The second kappa shape index (κ2) is 6.69. The Morgan fingerprint density at radius 2 is 2.04 bits per heavy atom. The number of hydrogen-bond donors (Lipinski definition) is 0. The molecule has 1 aliphatic rings. The summed E-state index contributed by atoms with van der Waals surface area (Å²) in [6, 6.07) is 12.6. The quantitative estimate of drug-likeness (QED) is 0.709. The summed E-state index contributed by atoms with van der Waals surface area (Å²) in [6.07, 6.45) is 5.69. The molecule has 1 aliphatic heterocycles. The van der Waals surface area contributed by atoms with Crippen molar-refractivity contribution in [3.8, 4) is 5.69 Å². The number of rotatable bonds is 5. The van der Waals surface area contributed by atoms with E-state index in [1.165, 1.54) is 36.2 Å². The summed E-state index contributed by atoms with van der Waals surface area (Å²) < 4.78 is 2.03. The maximum Gasteiger partial charge on any atom is 0.0686 e. The lowest BCUT2D eigenvalue weighted by atomic mass is 10.1. The molecule has 3 nitrogen and oxygen atoms in total. The van der Waals surface area contributed by atoms with Crippen LogP contribution in [0, 0.1) is 0 Å². The van der Waals surface area contributed by atoms with Gasteiger partial charge in [-0.15, -0.1) is 0 Å². The summed E-state index contributed by atoms with van der Waals surface area (Å²) in [5.74, 6) is 0. The Labute approximate surface area is 141 Å². The van der Waals surface area contributed by atoms with Crippen molar-refractivity contribution >= 4 is 11.3 Å². The molecule has 0 aliphatic carbocycles. The van der Waals surface area contributed by atoms with Crippen LogP contribution >= 0.6 is 11.3 Å². The Balaban J connectivity index is 1.38. The van der Waals surface area contributed by atoms with Crippen LogP contribution in [0.3, 0.4) is 0 Å². The van der Waals surface area contributed by atoms with E-state index in [9.17, 15) is 0 Å². The van der Waals surface area contributed by atoms with Gasteiger partial charge in [0.15, 0.2) is 0 Å². The monoisotopic (exact) mass is 323 g/mol. The van der Waals surface area contributed by atoms with Crippen molar-refractivity contribution in [2.75, 3.05) is 13.1 Å². The van der Waals surface area contributed by atoms with E-state index in [0.29, 0.717) is 0 Å². The second-order valence-electron chi connectivity index (χ2n) is 6.14. The fourth-order valence-electron chi connectivity index (χ4n) is 3.22. The number of fused-ring (bicyclic) bond motifs is 1.